The van der Waals surface area contributed by atoms with E-state index in [-0.39, 0.29) is 0 Å². The molecule has 0 amide bonds. The SMILES string of the molecule is Cn1c2cccnc2c2c1oc1[n+]2Cc2cccnc2-1. The van der Waals surface area contributed by atoms with Crippen LogP contribution in [-0.2, 0) is 13.6 Å². The highest BCUT2D eigenvalue weighted by atomic mass is 16.4. The molecule has 5 heteroatoms. The Kier molecular flexibility index (Phi) is 1.65. The van der Waals surface area contributed by atoms with Gasteiger partial charge < -0.3 is 8.98 Å². The summed E-state index contributed by atoms with van der Waals surface area (Å²) in [6.07, 6.45) is 3.63. The molecule has 1 aliphatic rings. The third kappa shape index (κ3) is 1.02. The lowest BCUT2D eigenvalue weighted by Gasteiger charge is -1.93. The average Bonchev–Trinajstić information content (AvgIpc) is 3.09. The van der Waals surface area contributed by atoms with Gasteiger partial charge in [-0.15, -0.1) is 4.57 Å². The van der Waals surface area contributed by atoms with Gasteiger partial charge in [-0.3, -0.25) is 0 Å². The molecule has 4 aromatic rings. The van der Waals surface area contributed by atoms with Crippen LogP contribution in [-0.4, -0.2) is 14.5 Å². The second-order valence-corrected chi connectivity index (χ2v) is 5.09. The maximum atomic E-state index is 6.08. The van der Waals surface area contributed by atoms with Gasteiger partial charge in [0.05, 0.1) is 11.1 Å². The van der Waals surface area contributed by atoms with E-state index >= 15 is 0 Å². The number of aromatic nitrogens is 4. The predicted octanol–water partition coefficient (Wildman–Crippen LogP) is 2.03. The molecule has 5 heterocycles. The van der Waals surface area contributed by atoms with E-state index in [9.17, 15) is 0 Å². The Labute approximate surface area is 114 Å². The molecule has 0 unspecified atom stereocenters. The Hall–Kier alpha value is -2.69. The van der Waals surface area contributed by atoms with Crippen molar-refractivity contribution >= 4 is 22.3 Å². The number of oxazole rings is 1. The maximum Gasteiger partial charge on any atom is 0.402 e. The summed E-state index contributed by atoms with van der Waals surface area (Å²) < 4.78 is 10.3. The summed E-state index contributed by atoms with van der Waals surface area (Å²) in [5, 5.41) is 0. The van der Waals surface area contributed by atoms with Gasteiger partial charge in [-0.25, -0.2) is 9.97 Å². The van der Waals surface area contributed by atoms with E-state index in [1.807, 2.05) is 29.9 Å². The van der Waals surface area contributed by atoms with Gasteiger partial charge in [0.15, 0.2) is 17.8 Å². The van der Waals surface area contributed by atoms with Crippen LogP contribution in [0.25, 0.3) is 33.8 Å². The third-order valence-electron chi connectivity index (χ3n) is 4.01. The van der Waals surface area contributed by atoms with Crippen LogP contribution in [0.4, 0.5) is 0 Å². The molecule has 0 aromatic carbocycles. The van der Waals surface area contributed by atoms with Crippen LogP contribution in [0.3, 0.4) is 0 Å². The Morgan fingerprint density at radius 2 is 2.05 bits per heavy atom. The lowest BCUT2D eigenvalue weighted by molar-refractivity contribution is -0.648. The van der Waals surface area contributed by atoms with Crippen LogP contribution in [0.1, 0.15) is 5.56 Å². The molecule has 1 aliphatic heterocycles. The molecule has 20 heavy (non-hydrogen) atoms. The molecule has 4 aromatic heterocycles. The first-order valence-corrected chi connectivity index (χ1v) is 6.54. The summed E-state index contributed by atoms with van der Waals surface area (Å²) in [6.45, 7) is 0.793. The average molecular weight is 263 g/mol. The molecule has 0 saturated heterocycles. The van der Waals surface area contributed by atoms with Gasteiger partial charge in [0.2, 0.25) is 0 Å². The van der Waals surface area contributed by atoms with Gasteiger partial charge in [-0.05, 0) is 24.3 Å². The van der Waals surface area contributed by atoms with Crippen LogP contribution in [0.2, 0.25) is 0 Å². The lowest BCUT2D eigenvalue weighted by atomic mass is 10.2. The van der Waals surface area contributed by atoms with Crippen molar-refractivity contribution in [2.75, 3.05) is 0 Å². The van der Waals surface area contributed by atoms with Crippen LogP contribution >= 0.6 is 0 Å². The molecular formula is C15H11N4O+. The number of rotatable bonds is 0. The second kappa shape index (κ2) is 3.25. The van der Waals surface area contributed by atoms with Crippen molar-refractivity contribution in [3.8, 4) is 11.6 Å². The normalized spacial score (nSPS) is 13.1. The van der Waals surface area contributed by atoms with Crippen molar-refractivity contribution in [1.82, 2.24) is 14.5 Å². The van der Waals surface area contributed by atoms with Crippen molar-refractivity contribution in [1.29, 1.82) is 0 Å². The van der Waals surface area contributed by atoms with Gasteiger partial charge in [0, 0.05) is 19.4 Å². The molecule has 0 fully saturated rings. The maximum absolute atomic E-state index is 6.08. The van der Waals surface area contributed by atoms with Gasteiger partial charge in [0.25, 0.3) is 11.2 Å². The number of pyridine rings is 2. The Morgan fingerprint density at radius 1 is 1.20 bits per heavy atom. The fraction of sp³-hybridized carbons (Fsp3) is 0.133. The van der Waals surface area contributed by atoms with E-state index in [1.165, 1.54) is 5.56 Å². The first-order valence-electron chi connectivity index (χ1n) is 6.54. The topological polar surface area (TPSA) is 47.7 Å². The summed E-state index contributed by atoms with van der Waals surface area (Å²) in [6, 6.07) is 8.06. The molecule has 0 N–H and O–H groups in total. The zero-order chi connectivity index (χ0) is 13.3. The molecular weight excluding hydrogens is 252 g/mol. The van der Waals surface area contributed by atoms with E-state index < -0.39 is 0 Å². The Bertz CT molecular complexity index is 996. The molecule has 0 aliphatic carbocycles. The lowest BCUT2D eigenvalue weighted by Crippen LogP contribution is -2.30. The first kappa shape index (κ1) is 10.1. The number of hydrogen-bond acceptors (Lipinski definition) is 3. The first-order chi connectivity index (χ1) is 9.84. The largest absolute Gasteiger partial charge is 0.402 e. The zero-order valence-electron chi connectivity index (χ0n) is 10.9. The number of nitrogens with zero attached hydrogens (tertiary/aromatic N) is 4. The minimum atomic E-state index is 0.793. The molecule has 0 spiro atoms. The van der Waals surface area contributed by atoms with Crippen molar-refractivity contribution < 1.29 is 8.98 Å². The fourth-order valence-corrected chi connectivity index (χ4v) is 3.08. The van der Waals surface area contributed by atoms with E-state index in [4.69, 9.17) is 4.42 Å². The van der Waals surface area contributed by atoms with E-state index in [2.05, 4.69) is 26.7 Å². The van der Waals surface area contributed by atoms with Crippen LogP contribution < -0.4 is 4.57 Å². The molecule has 0 bridgehead atoms. The van der Waals surface area contributed by atoms with E-state index in [0.29, 0.717) is 0 Å². The van der Waals surface area contributed by atoms with E-state index in [0.717, 1.165) is 40.4 Å². The third-order valence-corrected chi connectivity index (χ3v) is 4.01. The summed E-state index contributed by atoms with van der Waals surface area (Å²) in [4.78, 5) is 8.96. The minimum absolute atomic E-state index is 0.793. The predicted molar refractivity (Wildman–Crippen MR) is 73.0 cm³/mol. The fourth-order valence-electron chi connectivity index (χ4n) is 3.08. The summed E-state index contributed by atoms with van der Waals surface area (Å²) >= 11 is 0. The quantitative estimate of drug-likeness (QED) is 0.402. The summed E-state index contributed by atoms with van der Waals surface area (Å²) in [5.41, 5.74) is 6.10. The number of hydrogen-bond donors (Lipinski definition) is 0. The van der Waals surface area contributed by atoms with Crippen LogP contribution in [0.5, 0.6) is 0 Å². The smallest absolute Gasteiger partial charge is 0.379 e. The highest BCUT2D eigenvalue weighted by Crippen LogP contribution is 2.33. The highest BCUT2D eigenvalue weighted by molar-refractivity contribution is 5.99. The van der Waals surface area contributed by atoms with Gasteiger partial charge >= 0.3 is 5.89 Å². The van der Waals surface area contributed by atoms with Gasteiger partial charge in [-0.2, -0.15) is 0 Å². The standard InChI is InChI=1S/C15H11N4O/c1-18-10-5-3-7-17-12(10)13-15(18)20-14-11-9(8-19(13)14)4-2-6-16-11/h2-7H,8H2,1H3/q+1. The highest BCUT2D eigenvalue weighted by Gasteiger charge is 2.38. The van der Waals surface area contributed by atoms with Crippen LogP contribution in [0.15, 0.2) is 41.1 Å². The summed E-state index contributed by atoms with van der Waals surface area (Å²) in [5.74, 6) is 0.828. The van der Waals surface area contributed by atoms with E-state index in [1.54, 1.807) is 6.20 Å². The molecule has 0 radical (unpaired) electrons. The molecule has 5 nitrogen and oxygen atoms in total. The molecule has 96 valence electrons. The van der Waals surface area contributed by atoms with Crippen molar-refractivity contribution in [2.45, 2.75) is 6.54 Å². The zero-order valence-corrected chi connectivity index (χ0v) is 10.9. The Balaban J connectivity index is 1.97. The number of fused-ring (bicyclic) bond motifs is 7. The molecule has 0 atom stereocenters. The van der Waals surface area contributed by atoms with Gasteiger partial charge in [0.1, 0.15) is 0 Å². The Morgan fingerprint density at radius 3 is 3.00 bits per heavy atom. The second-order valence-electron chi connectivity index (χ2n) is 5.09. The molecule has 0 saturated carbocycles. The van der Waals surface area contributed by atoms with Gasteiger partial charge in [-0.1, -0.05) is 0 Å². The monoisotopic (exact) mass is 263 g/mol. The summed E-state index contributed by atoms with van der Waals surface area (Å²) in [7, 11) is 2.00. The van der Waals surface area contributed by atoms with Crippen molar-refractivity contribution in [3.63, 3.8) is 0 Å². The number of aryl methyl sites for hydroxylation is 1. The molecule has 5 rings (SSSR count). The van der Waals surface area contributed by atoms with Crippen molar-refractivity contribution in [3.05, 3.63) is 42.2 Å². The van der Waals surface area contributed by atoms with Crippen LogP contribution in [0, 0.1) is 0 Å². The minimum Gasteiger partial charge on any atom is -0.379 e. The van der Waals surface area contributed by atoms with Crippen molar-refractivity contribution in [2.24, 2.45) is 7.05 Å².